The molecule has 0 bridgehead atoms. The molecule has 0 saturated carbocycles. The molecule has 0 aliphatic heterocycles. The third kappa shape index (κ3) is 7.14. The van der Waals surface area contributed by atoms with E-state index in [9.17, 15) is 13.3 Å². The van der Waals surface area contributed by atoms with Gasteiger partial charge in [0.05, 0.1) is 6.20 Å². The van der Waals surface area contributed by atoms with Gasteiger partial charge in [-0.05, 0) is 5.56 Å². The fourth-order valence-electron chi connectivity index (χ4n) is 2.27. The predicted molar refractivity (Wildman–Crippen MR) is 115 cm³/mol. The molecule has 0 saturated heterocycles. The number of nitrogens with two attached hydrogens (primary N) is 1. The Hall–Kier alpha value is -2.79. The second kappa shape index (κ2) is 11.0. The van der Waals surface area contributed by atoms with Crippen molar-refractivity contribution in [3.8, 4) is 10.6 Å². The summed E-state index contributed by atoms with van der Waals surface area (Å²) < 4.78 is 23.8. The third-order valence-electron chi connectivity index (χ3n) is 3.78. The maximum Gasteiger partial charge on any atom is 0.347 e. The number of aromatic carboxylic acids is 1. The number of carbonyl (C=O) groups excluding carboxylic acids is 1. The van der Waals surface area contributed by atoms with Gasteiger partial charge in [0.1, 0.15) is 9.88 Å². The topological polar surface area (TPSA) is 172 Å². The van der Waals surface area contributed by atoms with Crippen molar-refractivity contribution in [3.63, 3.8) is 0 Å². The largest absolute Gasteiger partial charge is 0.477 e. The molecule has 0 radical (unpaired) electrons. The molecule has 0 aliphatic carbocycles. The molecule has 1 heterocycles. The summed E-state index contributed by atoms with van der Waals surface area (Å²) in [5.74, 6) is -1.18. The van der Waals surface area contributed by atoms with Crippen LogP contribution in [0.25, 0.3) is 10.6 Å². The van der Waals surface area contributed by atoms with Crippen LogP contribution in [0.1, 0.15) is 22.2 Å². The zero-order valence-electron chi connectivity index (χ0n) is 16.3. The maximum absolute atomic E-state index is 11.2. The summed E-state index contributed by atoms with van der Waals surface area (Å²) in [4.78, 5) is 25.7. The van der Waals surface area contributed by atoms with Crippen molar-refractivity contribution in [1.29, 1.82) is 0 Å². The number of thiazole rings is 1. The van der Waals surface area contributed by atoms with Crippen molar-refractivity contribution in [2.24, 2.45) is 5.73 Å². The van der Waals surface area contributed by atoms with Crippen molar-refractivity contribution in [1.82, 2.24) is 4.98 Å². The van der Waals surface area contributed by atoms with Gasteiger partial charge in [0.15, 0.2) is 0 Å². The molecule has 1 unspecified atom stereocenters. The van der Waals surface area contributed by atoms with E-state index in [0.29, 0.717) is 17.2 Å². The monoisotopic (exact) mass is 509 g/mol. The number of nitrogens with one attached hydrogen (secondary N) is 1. The van der Waals surface area contributed by atoms with Crippen molar-refractivity contribution < 1.29 is 31.7 Å². The molecule has 0 fully saturated rings. The van der Waals surface area contributed by atoms with Gasteiger partial charge in [-0.2, -0.15) is 0 Å². The van der Waals surface area contributed by atoms with Crippen LogP contribution in [0.3, 0.4) is 0 Å². The summed E-state index contributed by atoms with van der Waals surface area (Å²) in [5.41, 5.74) is 7.94. The van der Waals surface area contributed by atoms with Crippen molar-refractivity contribution in [2.75, 3.05) is 5.32 Å². The Bertz CT molecular complexity index is 1080. The van der Waals surface area contributed by atoms with E-state index in [1.807, 2.05) is 24.3 Å². The molecule has 1 atom stereocenters. The Labute approximate surface area is 184 Å². The number of benzene rings is 2. The minimum atomic E-state index is -4.76. The van der Waals surface area contributed by atoms with Gasteiger partial charge in [0.25, 0.3) is 0 Å². The van der Waals surface area contributed by atoms with Crippen LogP contribution in [0.15, 0.2) is 54.7 Å². The molecule has 12 heteroatoms. The van der Waals surface area contributed by atoms with Gasteiger partial charge in [-0.1, -0.05) is 24.3 Å². The number of nitrogens with zero attached hydrogens (tertiary/aromatic N) is 1. The Morgan fingerprint density at radius 1 is 1.16 bits per heavy atom. The normalized spacial score (nSPS) is 12.3. The molecule has 1 aromatic heterocycles. The summed E-state index contributed by atoms with van der Waals surface area (Å²) in [7, 11) is 0. The molecule has 31 heavy (non-hydrogen) atoms. The third-order valence-corrected chi connectivity index (χ3v) is 7.27. The first-order valence-corrected chi connectivity index (χ1v) is 12.8. The molecular weight excluding hydrogens is 489 g/mol. The average molecular weight is 509 g/mol. The molecule has 0 spiro atoms. The second-order valence-electron chi connectivity index (χ2n) is 6.07. The van der Waals surface area contributed by atoms with Gasteiger partial charge in [-0.3, -0.25) is 0 Å². The average Bonchev–Trinajstić information content (AvgIpc) is 3.25. The number of hydrogen-bond acceptors (Lipinski definition) is 8. The van der Waals surface area contributed by atoms with Crippen molar-refractivity contribution in [2.45, 2.75) is 13.5 Å². The van der Waals surface area contributed by atoms with Gasteiger partial charge >= 0.3 is 94.4 Å². The molecule has 0 aliphatic rings. The number of carboxylic acid groups (broad SMARTS) is 1. The van der Waals surface area contributed by atoms with Crippen LogP contribution in [0.2, 0.25) is 0 Å². The Morgan fingerprint density at radius 2 is 1.77 bits per heavy atom. The van der Waals surface area contributed by atoms with Gasteiger partial charge < -0.3 is 10.8 Å². The van der Waals surface area contributed by atoms with Crippen LogP contribution in [0.4, 0.5) is 5.69 Å². The van der Waals surface area contributed by atoms with Gasteiger partial charge in [-0.15, -0.1) is 11.3 Å². The Kier molecular flexibility index (Phi) is 8.69. The quantitative estimate of drug-likeness (QED) is 0.188. The predicted octanol–water partition coefficient (Wildman–Crippen LogP) is 1.67. The zero-order valence-corrected chi connectivity index (χ0v) is 19.0. The van der Waals surface area contributed by atoms with Crippen LogP contribution in [0.5, 0.6) is 0 Å². The molecule has 3 aromatic rings. The summed E-state index contributed by atoms with van der Waals surface area (Å²) >= 11 is -3.60. The van der Waals surface area contributed by atoms with Gasteiger partial charge in [-0.25, -0.2) is 9.78 Å². The molecular formula is C19H20AsN3O7S. The van der Waals surface area contributed by atoms with E-state index in [1.54, 1.807) is 0 Å². The summed E-state index contributed by atoms with van der Waals surface area (Å²) in [6.07, 6.45) is 1.37. The number of anilines is 1. The van der Waals surface area contributed by atoms with Crippen LogP contribution in [-0.4, -0.2) is 45.5 Å². The second-order valence-corrected chi connectivity index (χ2v) is 10.7. The van der Waals surface area contributed by atoms with Gasteiger partial charge in [0.2, 0.25) is 0 Å². The molecule has 1 amide bonds. The fourth-order valence-corrected chi connectivity index (χ4v) is 4.33. The molecule has 164 valence electrons. The van der Waals surface area contributed by atoms with E-state index >= 15 is 0 Å². The summed E-state index contributed by atoms with van der Waals surface area (Å²) in [6, 6.07) is 13.1. The first-order chi connectivity index (χ1) is 14.7. The SMILES string of the molecule is CC(=O)Nc1ccc([As](=O)(O)OO)cc1.NCc1ccc(-c2ncc(C(=O)O)s2)cc1. The van der Waals surface area contributed by atoms with E-state index in [0.717, 1.165) is 11.1 Å². The van der Waals surface area contributed by atoms with E-state index < -0.39 is 20.1 Å². The van der Waals surface area contributed by atoms with Crippen LogP contribution < -0.4 is 15.4 Å². The number of carboxylic acids is 1. The van der Waals surface area contributed by atoms with E-state index in [1.165, 1.54) is 48.7 Å². The molecule has 2 aromatic carbocycles. The van der Waals surface area contributed by atoms with Crippen LogP contribution in [-0.2, 0) is 19.0 Å². The number of aromatic nitrogens is 1. The minimum Gasteiger partial charge on any atom is -0.477 e. The first-order valence-electron chi connectivity index (χ1n) is 8.69. The van der Waals surface area contributed by atoms with Crippen molar-refractivity contribution in [3.05, 3.63) is 65.2 Å². The number of amides is 1. The maximum atomic E-state index is 11.2. The zero-order chi connectivity index (χ0) is 23.0. The Morgan fingerprint density at radius 3 is 2.23 bits per heavy atom. The van der Waals surface area contributed by atoms with E-state index in [-0.39, 0.29) is 15.1 Å². The molecule has 10 nitrogen and oxygen atoms in total. The summed E-state index contributed by atoms with van der Waals surface area (Å²) in [6.45, 7) is 1.85. The van der Waals surface area contributed by atoms with Crippen LogP contribution in [0, 0.1) is 0 Å². The van der Waals surface area contributed by atoms with Gasteiger partial charge in [0, 0.05) is 12.1 Å². The number of rotatable bonds is 6. The Balaban J connectivity index is 0.000000221. The summed E-state index contributed by atoms with van der Waals surface area (Å²) in [5, 5.41) is 20.2. The molecule has 6 N–H and O–H groups in total. The van der Waals surface area contributed by atoms with Crippen molar-refractivity contribution >= 4 is 47.4 Å². The minimum absolute atomic E-state index is 0.00438. The van der Waals surface area contributed by atoms with E-state index in [2.05, 4.69) is 14.2 Å². The fraction of sp³-hybridized carbons (Fsp3) is 0.105. The smallest absolute Gasteiger partial charge is 0.347 e. The van der Waals surface area contributed by atoms with Crippen LogP contribution >= 0.6 is 11.3 Å². The number of carbonyl (C=O) groups is 2. The standard InChI is InChI=1S/C11H10N2O2S.C8H10AsNO5/c12-5-7-1-3-8(4-2-7)10-13-6-9(16-10)11(14)15;1-6(11)10-8-4-2-7(3-5-8)9(12,13)15-14/h1-4,6H,5,12H2,(H,14,15);2-5,14H,1H3,(H,10,11)(H,12,13). The number of hydrogen-bond donors (Lipinski definition) is 5. The first kappa shape index (κ1) is 24.5. The molecule has 3 rings (SSSR count). The van der Waals surface area contributed by atoms with E-state index in [4.69, 9.17) is 20.2 Å².